The lowest BCUT2D eigenvalue weighted by atomic mass is 10.3. The summed E-state index contributed by atoms with van der Waals surface area (Å²) < 4.78 is 2.10. The molecule has 0 saturated heterocycles. The molecular weight excluding hydrogens is 188 g/mol. The van der Waals surface area contributed by atoms with E-state index in [0.29, 0.717) is 6.54 Å². The van der Waals surface area contributed by atoms with Crippen LogP contribution in [0.25, 0.3) is 11.0 Å². The third-order valence-corrected chi connectivity index (χ3v) is 2.50. The molecule has 0 radical (unpaired) electrons. The van der Waals surface area contributed by atoms with E-state index in [1.54, 1.807) is 6.92 Å². The zero-order chi connectivity index (χ0) is 10.8. The summed E-state index contributed by atoms with van der Waals surface area (Å²) in [4.78, 5) is 4.54. The molecule has 0 aliphatic heterocycles. The van der Waals surface area contributed by atoms with E-state index < -0.39 is 0 Å². The van der Waals surface area contributed by atoms with E-state index in [-0.39, 0.29) is 6.10 Å². The quantitative estimate of drug-likeness (QED) is 0.830. The Labute approximate surface area is 89.4 Å². The molecule has 1 atom stereocenters. The lowest BCUT2D eigenvalue weighted by Crippen LogP contribution is -2.13. The molecule has 1 aromatic carbocycles. The summed E-state index contributed by atoms with van der Waals surface area (Å²) in [5.74, 6) is 1.04. The van der Waals surface area contributed by atoms with E-state index in [0.717, 1.165) is 23.3 Å². The maximum atomic E-state index is 9.45. The summed E-state index contributed by atoms with van der Waals surface area (Å²) >= 11 is 0. The van der Waals surface area contributed by atoms with E-state index in [4.69, 9.17) is 0 Å². The number of imidazole rings is 1. The van der Waals surface area contributed by atoms with Crippen molar-refractivity contribution in [3.8, 4) is 0 Å². The van der Waals surface area contributed by atoms with Gasteiger partial charge in [-0.05, 0) is 19.1 Å². The minimum Gasteiger partial charge on any atom is -0.392 e. The Morgan fingerprint density at radius 1 is 1.40 bits per heavy atom. The molecule has 3 heteroatoms. The van der Waals surface area contributed by atoms with Crippen LogP contribution < -0.4 is 0 Å². The van der Waals surface area contributed by atoms with Gasteiger partial charge in [0.1, 0.15) is 5.82 Å². The smallest absolute Gasteiger partial charge is 0.109 e. The summed E-state index contributed by atoms with van der Waals surface area (Å²) in [5.41, 5.74) is 2.12. The number of aliphatic hydroxyl groups is 1. The number of benzene rings is 1. The monoisotopic (exact) mass is 204 g/mol. The number of aromatic nitrogens is 2. The van der Waals surface area contributed by atoms with Gasteiger partial charge in [0, 0.05) is 6.42 Å². The van der Waals surface area contributed by atoms with Gasteiger partial charge in [0.05, 0.1) is 23.7 Å². The highest BCUT2D eigenvalue weighted by Crippen LogP contribution is 2.16. The molecule has 2 aromatic rings. The van der Waals surface area contributed by atoms with Gasteiger partial charge >= 0.3 is 0 Å². The van der Waals surface area contributed by atoms with Crippen molar-refractivity contribution >= 4 is 11.0 Å². The van der Waals surface area contributed by atoms with Crippen molar-refractivity contribution in [2.24, 2.45) is 0 Å². The van der Waals surface area contributed by atoms with Gasteiger partial charge in [-0.1, -0.05) is 19.1 Å². The molecule has 0 bridgehead atoms. The van der Waals surface area contributed by atoms with Gasteiger partial charge in [-0.25, -0.2) is 4.98 Å². The second kappa shape index (κ2) is 4.03. The number of fused-ring (bicyclic) bond motifs is 1. The Bertz CT molecular complexity index is 460. The van der Waals surface area contributed by atoms with Crippen molar-refractivity contribution in [1.29, 1.82) is 0 Å². The molecule has 1 aromatic heterocycles. The van der Waals surface area contributed by atoms with E-state index in [9.17, 15) is 5.11 Å². The van der Waals surface area contributed by atoms with Gasteiger partial charge in [0.2, 0.25) is 0 Å². The molecule has 0 aliphatic rings. The van der Waals surface area contributed by atoms with Gasteiger partial charge in [0.15, 0.2) is 0 Å². The summed E-state index contributed by atoms with van der Waals surface area (Å²) in [6, 6.07) is 8.04. The molecule has 1 heterocycles. The number of nitrogens with zero attached hydrogens (tertiary/aromatic N) is 2. The second-order valence-electron chi connectivity index (χ2n) is 3.83. The number of rotatable bonds is 3. The van der Waals surface area contributed by atoms with Crippen LogP contribution in [0, 0.1) is 0 Å². The van der Waals surface area contributed by atoms with Gasteiger partial charge in [-0.3, -0.25) is 0 Å². The Balaban J connectivity index is 2.56. The summed E-state index contributed by atoms with van der Waals surface area (Å²) in [5, 5.41) is 9.45. The molecule has 0 saturated carbocycles. The topological polar surface area (TPSA) is 38.0 Å². The standard InChI is InChI=1S/C12H16N2O/c1-3-12-13-10-6-4-5-7-11(10)14(12)8-9(2)15/h4-7,9,15H,3,8H2,1-2H3/t9-/m1/s1. The highest BCUT2D eigenvalue weighted by Gasteiger charge is 2.09. The van der Waals surface area contributed by atoms with Crippen molar-refractivity contribution in [2.75, 3.05) is 0 Å². The zero-order valence-corrected chi connectivity index (χ0v) is 9.14. The number of hydrogen-bond acceptors (Lipinski definition) is 2. The van der Waals surface area contributed by atoms with Crippen LogP contribution in [-0.4, -0.2) is 20.8 Å². The SMILES string of the molecule is CCc1nc2ccccc2n1C[C@@H](C)O. The third-order valence-electron chi connectivity index (χ3n) is 2.50. The van der Waals surface area contributed by atoms with Crippen LogP contribution in [0.4, 0.5) is 0 Å². The number of aryl methyl sites for hydroxylation is 1. The van der Waals surface area contributed by atoms with Crippen LogP contribution in [0.3, 0.4) is 0 Å². The van der Waals surface area contributed by atoms with Crippen molar-refractivity contribution in [2.45, 2.75) is 32.9 Å². The third kappa shape index (κ3) is 1.88. The van der Waals surface area contributed by atoms with Crippen LogP contribution in [0.15, 0.2) is 24.3 Å². The van der Waals surface area contributed by atoms with Crippen molar-refractivity contribution in [3.63, 3.8) is 0 Å². The largest absolute Gasteiger partial charge is 0.392 e. The van der Waals surface area contributed by atoms with Gasteiger partial charge in [-0.2, -0.15) is 0 Å². The molecule has 0 spiro atoms. The summed E-state index contributed by atoms with van der Waals surface area (Å²) in [7, 11) is 0. The number of hydrogen-bond donors (Lipinski definition) is 1. The first kappa shape index (κ1) is 10.2. The Morgan fingerprint density at radius 2 is 2.13 bits per heavy atom. The maximum Gasteiger partial charge on any atom is 0.109 e. The Kier molecular flexibility index (Phi) is 2.73. The fraction of sp³-hybridized carbons (Fsp3) is 0.417. The van der Waals surface area contributed by atoms with Crippen LogP contribution in [0.2, 0.25) is 0 Å². The molecule has 15 heavy (non-hydrogen) atoms. The normalized spacial score (nSPS) is 13.3. The average molecular weight is 204 g/mol. The number of para-hydroxylation sites is 2. The zero-order valence-electron chi connectivity index (χ0n) is 9.14. The highest BCUT2D eigenvalue weighted by atomic mass is 16.3. The van der Waals surface area contributed by atoms with Crippen molar-refractivity contribution in [3.05, 3.63) is 30.1 Å². The fourth-order valence-electron chi connectivity index (χ4n) is 1.86. The first-order valence-electron chi connectivity index (χ1n) is 5.34. The summed E-state index contributed by atoms with van der Waals surface area (Å²) in [6.45, 7) is 4.50. The molecule has 0 fully saturated rings. The second-order valence-corrected chi connectivity index (χ2v) is 3.83. The van der Waals surface area contributed by atoms with Gasteiger partial charge in [0.25, 0.3) is 0 Å². The van der Waals surface area contributed by atoms with Crippen LogP contribution in [0.5, 0.6) is 0 Å². The molecule has 2 rings (SSSR count). The summed E-state index contributed by atoms with van der Waals surface area (Å²) in [6.07, 6.45) is 0.550. The first-order chi connectivity index (χ1) is 7.22. The molecule has 80 valence electrons. The Morgan fingerprint density at radius 3 is 2.80 bits per heavy atom. The van der Waals surface area contributed by atoms with Crippen LogP contribution in [-0.2, 0) is 13.0 Å². The van der Waals surface area contributed by atoms with E-state index >= 15 is 0 Å². The van der Waals surface area contributed by atoms with Gasteiger partial charge < -0.3 is 9.67 Å². The average Bonchev–Trinajstić information content (AvgIpc) is 2.56. The molecule has 1 N–H and O–H groups in total. The molecule has 0 amide bonds. The fourth-order valence-corrected chi connectivity index (χ4v) is 1.86. The molecule has 0 aliphatic carbocycles. The van der Waals surface area contributed by atoms with Crippen LogP contribution >= 0.6 is 0 Å². The van der Waals surface area contributed by atoms with Crippen molar-refractivity contribution < 1.29 is 5.11 Å². The highest BCUT2D eigenvalue weighted by molar-refractivity contribution is 5.75. The van der Waals surface area contributed by atoms with Crippen LogP contribution in [0.1, 0.15) is 19.7 Å². The predicted molar refractivity (Wildman–Crippen MR) is 60.8 cm³/mol. The van der Waals surface area contributed by atoms with E-state index in [2.05, 4.69) is 16.5 Å². The first-order valence-corrected chi connectivity index (χ1v) is 5.34. The minimum absolute atomic E-state index is 0.340. The predicted octanol–water partition coefficient (Wildman–Crippen LogP) is 1.98. The lowest BCUT2D eigenvalue weighted by Gasteiger charge is -2.09. The van der Waals surface area contributed by atoms with Gasteiger partial charge in [-0.15, -0.1) is 0 Å². The minimum atomic E-state index is -0.340. The maximum absolute atomic E-state index is 9.45. The number of aliphatic hydroxyl groups excluding tert-OH is 1. The van der Waals surface area contributed by atoms with E-state index in [1.807, 2.05) is 24.3 Å². The molecular formula is C12H16N2O. The lowest BCUT2D eigenvalue weighted by molar-refractivity contribution is 0.174. The molecule has 3 nitrogen and oxygen atoms in total. The Hall–Kier alpha value is -1.35. The van der Waals surface area contributed by atoms with E-state index in [1.165, 1.54) is 0 Å². The molecule has 0 unspecified atom stereocenters. The van der Waals surface area contributed by atoms with Crippen molar-refractivity contribution in [1.82, 2.24) is 9.55 Å².